The van der Waals surface area contributed by atoms with E-state index in [0.29, 0.717) is 15.9 Å². The number of aliphatic imine (C=N–C) groups is 1. The van der Waals surface area contributed by atoms with Gasteiger partial charge in [0.05, 0.1) is 16.0 Å². The van der Waals surface area contributed by atoms with Gasteiger partial charge in [0.2, 0.25) is 5.91 Å². The zero-order valence-corrected chi connectivity index (χ0v) is 10.3. The van der Waals surface area contributed by atoms with Crippen molar-refractivity contribution in [2.75, 3.05) is 0 Å². The predicted octanol–water partition coefficient (Wildman–Crippen LogP) is 2.97. The Morgan fingerprint density at radius 1 is 1.50 bits per heavy atom. The second-order valence-corrected chi connectivity index (χ2v) is 4.97. The van der Waals surface area contributed by atoms with Crippen LogP contribution in [0.5, 0.6) is 0 Å². The van der Waals surface area contributed by atoms with Gasteiger partial charge in [-0.1, -0.05) is 42.4 Å². The summed E-state index contributed by atoms with van der Waals surface area (Å²) in [6, 6.07) is 7.31. The smallest absolute Gasteiger partial charge is 0.239 e. The molecular formula is C11H11ClN2OS. The van der Waals surface area contributed by atoms with Crippen LogP contribution >= 0.6 is 23.4 Å². The van der Waals surface area contributed by atoms with Crippen LogP contribution in [0.3, 0.4) is 0 Å². The van der Waals surface area contributed by atoms with E-state index in [1.165, 1.54) is 11.8 Å². The highest BCUT2D eigenvalue weighted by Crippen LogP contribution is 2.28. The topological polar surface area (TPSA) is 41.5 Å². The lowest BCUT2D eigenvalue weighted by atomic mass is 10.3. The van der Waals surface area contributed by atoms with Crippen LogP contribution in [0.4, 0.5) is 5.69 Å². The first kappa shape index (κ1) is 11.5. The molecule has 16 heavy (non-hydrogen) atoms. The van der Waals surface area contributed by atoms with Gasteiger partial charge in [-0.25, -0.2) is 4.99 Å². The molecule has 1 aliphatic heterocycles. The van der Waals surface area contributed by atoms with Crippen molar-refractivity contribution < 1.29 is 4.79 Å². The fraction of sp³-hybridized carbons (Fsp3) is 0.273. The van der Waals surface area contributed by atoms with Gasteiger partial charge < -0.3 is 5.32 Å². The second kappa shape index (κ2) is 4.89. The molecule has 1 aromatic rings. The number of para-hydroxylation sites is 1. The van der Waals surface area contributed by atoms with Crippen LogP contribution in [0.15, 0.2) is 29.3 Å². The highest BCUT2D eigenvalue weighted by atomic mass is 35.5. The molecule has 1 amide bonds. The number of amides is 1. The molecule has 0 bridgehead atoms. The molecule has 1 aromatic carbocycles. The predicted molar refractivity (Wildman–Crippen MR) is 68.4 cm³/mol. The van der Waals surface area contributed by atoms with Gasteiger partial charge in [-0.15, -0.1) is 0 Å². The molecule has 1 atom stereocenters. The van der Waals surface area contributed by atoms with E-state index in [4.69, 9.17) is 11.6 Å². The number of rotatable bonds is 2. The molecule has 1 fully saturated rings. The van der Waals surface area contributed by atoms with Crippen LogP contribution in [0.1, 0.15) is 13.3 Å². The number of thioether (sulfide) groups is 1. The summed E-state index contributed by atoms with van der Waals surface area (Å²) in [5.41, 5.74) is 0.684. The molecule has 1 N–H and O–H groups in total. The lowest BCUT2D eigenvalue weighted by molar-refractivity contribution is -0.118. The third kappa shape index (κ3) is 2.39. The summed E-state index contributed by atoms with van der Waals surface area (Å²) in [4.78, 5) is 15.8. The lowest BCUT2D eigenvalue weighted by Gasteiger charge is -1.99. The normalized spacial score (nSPS) is 22.5. The first-order chi connectivity index (χ1) is 7.70. The van der Waals surface area contributed by atoms with Gasteiger partial charge in [0, 0.05) is 0 Å². The Bertz CT molecular complexity index is 447. The molecule has 0 aromatic heterocycles. The second-order valence-electron chi connectivity index (χ2n) is 3.37. The largest absolute Gasteiger partial charge is 0.304 e. The SMILES string of the molecule is CC[C@@H]1SC(=Nc2ccccc2Cl)NC1=O. The monoisotopic (exact) mass is 254 g/mol. The molecule has 0 radical (unpaired) electrons. The zero-order valence-electron chi connectivity index (χ0n) is 8.74. The van der Waals surface area contributed by atoms with E-state index in [1.54, 1.807) is 6.07 Å². The first-order valence-electron chi connectivity index (χ1n) is 5.01. The highest BCUT2D eigenvalue weighted by Gasteiger charge is 2.28. The fourth-order valence-corrected chi connectivity index (χ4v) is 2.47. The molecule has 5 heteroatoms. The van der Waals surface area contributed by atoms with Gasteiger partial charge in [0.15, 0.2) is 5.17 Å². The van der Waals surface area contributed by atoms with E-state index in [9.17, 15) is 4.79 Å². The summed E-state index contributed by atoms with van der Waals surface area (Å²) in [6.45, 7) is 1.98. The number of nitrogens with one attached hydrogen (secondary N) is 1. The molecular weight excluding hydrogens is 244 g/mol. The van der Waals surface area contributed by atoms with Crippen LogP contribution in [0.2, 0.25) is 5.02 Å². The third-order valence-electron chi connectivity index (χ3n) is 2.22. The Hall–Kier alpha value is -1.00. The van der Waals surface area contributed by atoms with E-state index >= 15 is 0 Å². The Kier molecular flexibility index (Phi) is 3.51. The average Bonchev–Trinajstić information content (AvgIpc) is 2.62. The molecule has 0 unspecified atom stereocenters. The maximum atomic E-state index is 11.4. The molecule has 2 rings (SSSR count). The quantitative estimate of drug-likeness (QED) is 0.882. The molecule has 0 aliphatic carbocycles. The summed E-state index contributed by atoms with van der Waals surface area (Å²) in [6.07, 6.45) is 0.804. The van der Waals surface area contributed by atoms with Crippen LogP contribution < -0.4 is 5.32 Å². The van der Waals surface area contributed by atoms with Crippen molar-refractivity contribution in [2.45, 2.75) is 18.6 Å². The summed E-state index contributed by atoms with van der Waals surface area (Å²) in [5, 5.41) is 3.94. The Balaban J connectivity index is 2.21. The highest BCUT2D eigenvalue weighted by molar-refractivity contribution is 8.15. The van der Waals surface area contributed by atoms with Crippen LogP contribution in [-0.2, 0) is 4.79 Å². The molecule has 1 aliphatic rings. The maximum absolute atomic E-state index is 11.4. The van der Waals surface area contributed by atoms with Gasteiger partial charge in [-0.3, -0.25) is 4.79 Å². The number of benzene rings is 1. The number of hydrogen-bond donors (Lipinski definition) is 1. The summed E-state index contributed by atoms with van der Waals surface area (Å²) in [5.74, 6) is 0.0262. The Morgan fingerprint density at radius 3 is 2.88 bits per heavy atom. The lowest BCUT2D eigenvalue weighted by Crippen LogP contribution is -2.24. The molecule has 0 saturated carbocycles. The number of nitrogens with zero attached hydrogens (tertiary/aromatic N) is 1. The van der Waals surface area contributed by atoms with Gasteiger partial charge >= 0.3 is 0 Å². The number of hydrogen-bond acceptors (Lipinski definition) is 3. The van der Waals surface area contributed by atoms with E-state index in [-0.39, 0.29) is 11.2 Å². The van der Waals surface area contributed by atoms with Gasteiger partial charge in [0.1, 0.15) is 0 Å². The Labute approximate surface area is 103 Å². The van der Waals surface area contributed by atoms with Crippen molar-refractivity contribution in [3.63, 3.8) is 0 Å². The number of halogens is 1. The zero-order chi connectivity index (χ0) is 11.5. The molecule has 1 saturated heterocycles. The number of carbonyl (C=O) groups excluding carboxylic acids is 1. The van der Waals surface area contributed by atoms with Gasteiger partial charge in [0.25, 0.3) is 0 Å². The number of amidine groups is 1. The summed E-state index contributed by atoms with van der Waals surface area (Å²) < 4.78 is 0. The van der Waals surface area contributed by atoms with E-state index in [0.717, 1.165) is 6.42 Å². The molecule has 3 nitrogen and oxygen atoms in total. The summed E-state index contributed by atoms with van der Waals surface area (Å²) >= 11 is 7.43. The third-order valence-corrected chi connectivity index (χ3v) is 3.79. The summed E-state index contributed by atoms with van der Waals surface area (Å²) in [7, 11) is 0. The minimum atomic E-state index is -0.0266. The van der Waals surface area contributed by atoms with Crippen LogP contribution in [0, 0.1) is 0 Å². The molecule has 84 valence electrons. The van der Waals surface area contributed by atoms with Gasteiger partial charge in [-0.2, -0.15) is 0 Å². The van der Waals surface area contributed by atoms with Crippen LogP contribution in [-0.4, -0.2) is 16.3 Å². The fourth-order valence-electron chi connectivity index (χ4n) is 1.38. The van der Waals surface area contributed by atoms with Crippen molar-refractivity contribution >= 4 is 40.1 Å². The average molecular weight is 255 g/mol. The standard InChI is InChI=1S/C11H11ClN2OS/c1-2-9-10(15)14-11(16-9)13-8-6-4-3-5-7(8)12/h3-6,9H,2H2,1H3,(H,13,14,15)/t9-/m0/s1. The first-order valence-corrected chi connectivity index (χ1v) is 6.27. The van der Waals surface area contributed by atoms with E-state index < -0.39 is 0 Å². The Morgan fingerprint density at radius 2 is 2.25 bits per heavy atom. The van der Waals surface area contributed by atoms with E-state index in [2.05, 4.69) is 10.3 Å². The van der Waals surface area contributed by atoms with E-state index in [1.807, 2.05) is 25.1 Å². The van der Waals surface area contributed by atoms with Crippen LogP contribution in [0.25, 0.3) is 0 Å². The number of carbonyl (C=O) groups is 1. The van der Waals surface area contributed by atoms with Gasteiger partial charge in [-0.05, 0) is 18.6 Å². The van der Waals surface area contributed by atoms with Crippen molar-refractivity contribution in [3.8, 4) is 0 Å². The van der Waals surface area contributed by atoms with Crippen molar-refractivity contribution in [2.24, 2.45) is 4.99 Å². The minimum Gasteiger partial charge on any atom is -0.304 e. The van der Waals surface area contributed by atoms with Crippen molar-refractivity contribution in [1.82, 2.24) is 5.32 Å². The van der Waals surface area contributed by atoms with Crippen molar-refractivity contribution in [3.05, 3.63) is 29.3 Å². The molecule has 0 spiro atoms. The van der Waals surface area contributed by atoms with Crippen molar-refractivity contribution in [1.29, 1.82) is 0 Å². The molecule has 1 heterocycles. The maximum Gasteiger partial charge on any atom is 0.239 e. The minimum absolute atomic E-state index is 0.0262.